The van der Waals surface area contributed by atoms with Crippen LogP contribution in [0.15, 0.2) is 36.4 Å². The summed E-state index contributed by atoms with van der Waals surface area (Å²) in [5.41, 5.74) is 3.19. The molecule has 140 valence electrons. The van der Waals surface area contributed by atoms with Gasteiger partial charge in [0.05, 0.1) is 17.3 Å². The van der Waals surface area contributed by atoms with Gasteiger partial charge in [-0.1, -0.05) is 18.2 Å². The third-order valence-corrected chi connectivity index (χ3v) is 4.90. The zero-order chi connectivity index (χ0) is 19.2. The van der Waals surface area contributed by atoms with E-state index in [0.29, 0.717) is 18.0 Å². The van der Waals surface area contributed by atoms with Crippen molar-refractivity contribution in [2.75, 3.05) is 20.3 Å². The summed E-state index contributed by atoms with van der Waals surface area (Å²) in [6, 6.07) is 11.9. The van der Waals surface area contributed by atoms with Crippen molar-refractivity contribution < 1.29 is 14.3 Å². The molecule has 1 amide bonds. The van der Waals surface area contributed by atoms with Crippen LogP contribution in [-0.4, -0.2) is 31.2 Å². The number of aryl methyl sites for hydroxylation is 1. The Hall–Kier alpha value is -2.86. The van der Waals surface area contributed by atoms with Gasteiger partial charge in [0.1, 0.15) is 5.01 Å². The number of methoxy groups -OCH3 is 1. The molecule has 1 aromatic heterocycles. The SMILES string of the molecule is CCNC(=O)COc1ccc(/C=C/c2nc3cc(C)ccc3s2)cc1OC. The third kappa shape index (κ3) is 4.86. The maximum Gasteiger partial charge on any atom is 0.257 e. The Balaban J connectivity index is 1.74. The predicted octanol–water partition coefficient (Wildman–Crippen LogP) is 4.30. The monoisotopic (exact) mass is 382 g/mol. The second-order valence-corrected chi connectivity index (χ2v) is 7.07. The summed E-state index contributed by atoms with van der Waals surface area (Å²) in [6.07, 6.45) is 3.98. The van der Waals surface area contributed by atoms with Crippen molar-refractivity contribution in [3.63, 3.8) is 0 Å². The number of carbonyl (C=O) groups excluding carboxylic acids is 1. The maximum absolute atomic E-state index is 11.5. The Labute approximate surface area is 162 Å². The van der Waals surface area contributed by atoms with E-state index in [1.807, 2.05) is 31.2 Å². The largest absolute Gasteiger partial charge is 0.493 e. The zero-order valence-corrected chi connectivity index (χ0v) is 16.4. The van der Waals surface area contributed by atoms with Crippen LogP contribution in [0.3, 0.4) is 0 Å². The van der Waals surface area contributed by atoms with Gasteiger partial charge in [0, 0.05) is 6.54 Å². The molecule has 0 saturated heterocycles. The average Bonchev–Trinajstić information content (AvgIpc) is 3.07. The van der Waals surface area contributed by atoms with Crippen molar-refractivity contribution in [2.45, 2.75) is 13.8 Å². The number of nitrogens with zero attached hydrogens (tertiary/aromatic N) is 1. The van der Waals surface area contributed by atoms with E-state index in [0.717, 1.165) is 16.1 Å². The van der Waals surface area contributed by atoms with E-state index < -0.39 is 0 Å². The molecule has 0 radical (unpaired) electrons. The van der Waals surface area contributed by atoms with Gasteiger partial charge in [-0.25, -0.2) is 4.98 Å². The number of rotatable bonds is 7. The average molecular weight is 382 g/mol. The fraction of sp³-hybridized carbons (Fsp3) is 0.238. The van der Waals surface area contributed by atoms with Crippen molar-refractivity contribution in [1.82, 2.24) is 10.3 Å². The fourth-order valence-corrected chi connectivity index (χ4v) is 3.44. The molecule has 0 bridgehead atoms. The molecule has 1 heterocycles. The summed E-state index contributed by atoms with van der Waals surface area (Å²) in [7, 11) is 1.58. The lowest BCUT2D eigenvalue weighted by Gasteiger charge is -2.11. The lowest BCUT2D eigenvalue weighted by Crippen LogP contribution is -2.28. The number of ether oxygens (including phenoxy) is 2. The molecular weight excluding hydrogens is 360 g/mol. The first-order chi connectivity index (χ1) is 13.1. The molecule has 0 fully saturated rings. The van der Waals surface area contributed by atoms with Crippen LogP contribution in [-0.2, 0) is 4.79 Å². The molecule has 0 unspecified atom stereocenters. The van der Waals surface area contributed by atoms with Gasteiger partial charge in [-0.15, -0.1) is 11.3 Å². The number of likely N-dealkylation sites (N-methyl/N-ethyl adjacent to an activating group) is 1. The lowest BCUT2D eigenvalue weighted by molar-refractivity contribution is -0.123. The maximum atomic E-state index is 11.5. The number of fused-ring (bicyclic) bond motifs is 1. The van der Waals surface area contributed by atoms with Crippen LogP contribution < -0.4 is 14.8 Å². The van der Waals surface area contributed by atoms with E-state index in [2.05, 4.69) is 35.4 Å². The van der Waals surface area contributed by atoms with Gasteiger partial charge in [0.15, 0.2) is 18.1 Å². The molecule has 3 rings (SSSR count). The number of amides is 1. The molecule has 1 N–H and O–H groups in total. The number of thiazole rings is 1. The van der Waals surface area contributed by atoms with Gasteiger partial charge in [0.25, 0.3) is 5.91 Å². The van der Waals surface area contributed by atoms with Gasteiger partial charge in [-0.3, -0.25) is 4.79 Å². The first-order valence-electron chi connectivity index (χ1n) is 8.72. The van der Waals surface area contributed by atoms with Crippen LogP contribution in [0.2, 0.25) is 0 Å². The number of hydrogen-bond acceptors (Lipinski definition) is 5. The summed E-state index contributed by atoms with van der Waals surface area (Å²) in [5, 5.41) is 3.65. The van der Waals surface area contributed by atoms with E-state index in [-0.39, 0.29) is 12.5 Å². The van der Waals surface area contributed by atoms with E-state index >= 15 is 0 Å². The lowest BCUT2D eigenvalue weighted by atomic mass is 10.2. The Bertz CT molecular complexity index is 979. The first kappa shape index (κ1) is 18.9. The minimum Gasteiger partial charge on any atom is -0.493 e. The van der Waals surface area contributed by atoms with Gasteiger partial charge in [0.2, 0.25) is 0 Å². The summed E-state index contributed by atoms with van der Waals surface area (Å²) in [5.74, 6) is 0.965. The Morgan fingerprint density at radius 3 is 2.81 bits per heavy atom. The van der Waals surface area contributed by atoms with E-state index in [1.54, 1.807) is 24.5 Å². The van der Waals surface area contributed by atoms with Crippen LogP contribution in [0.5, 0.6) is 11.5 Å². The molecule has 6 heteroatoms. The minimum absolute atomic E-state index is 0.0372. The Morgan fingerprint density at radius 1 is 1.19 bits per heavy atom. The highest BCUT2D eigenvalue weighted by atomic mass is 32.1. The molecule has 0 spiro atoms. The molecule has 0 aliphatic carbocycles. The summed E-state index contributed by atoms with van der Waals surface area (Å²) < 4.78 is 12.1. The van der Waals surface area contributed by atoms with Gasteiger partial charge >= 0.3 is 0 Å². The van der Waals surface area contributed by atoms with Crippen molar-refractivity contribution in [3.05, 3.63) is 52.5 Å². The normalized spacial score (nSPS) is 11.1. The third-order valence-electron chi connectivity index (χ3n) is 3.90. The topological polar surface area (TPSA) is 60.5 Å². The van der Waals surface area contributed by atoms with Gasteiger partial charge in [-0.2, -0.15) is 0 Å². The molecule has 3 aromatic rings. The van der Waals surface area contributed by atoms with E-state index in [9.17, 15) is 4.79 Å². The number of benzene rings is 2. The van der Waals surface area contributed by atoms with Crippen molar-refractivity contribution >= 4 is 39.6 Å². The van der Waals surface area contributed by atoms with Crippen LogP contribution in [0.25, 0.3) is 22.4 Å². The molecule has 0 saturated carbocycles. The second-order valence-electron chi connectivity index (χ2n) is 6.01. The van der Waals surface area contributed by atoms with Crippen molar-refractivity contribution in [1.29, 1.82) is 0 Å². The molecule has 0 aliphatic rings. The van der Waals surface area contributed by atoms with E-state index in [1.165, 1.54) is 10.3 Å². The second kappa shape index (κ2) is 8.68. The highest BCUT2D eigenvalue weighted by Gasteiger charge is 2.08. The quantitative estimate of drug-likeness (QED) is 0.662. The number of nitrogens with one attached hydrogen (secondary N) is 1. The van der Waals surface area contributed by atoms with Gasteiger partial charge in [-0.05, 0) is 55.3 Å². The van der Waals surface area contributed by atoms with Crippen LogP contribution >= 0.6 is 11.3 Å². The number of aromatic nitrogens is 1. The molecule has 0 aliphatic heterocycles. The smallest absolute Gasteiger partial charge is 0.257 e. The standard InChI is InChI=1S/C21H22N2O3S/c1-4-22-20(24)13-26-17-8-6-15(12-18(17)25-3)7-10-21-23-16-11-14(2)5-9-19(16)27-21/h5-12H,4,13H2,1-3H3,(H,22,24)/b10-7+. The van der Waals surface area contributed by atoms with Crippen LogP contribution in [0, 0.1) is 6.92 Å². The molecule has 2 aromatic carbocycles. The van der Waals surface area contributed by atoms with Crippen molar-refractivity contribution in [2.24, 2.45) is 0 Å². The van der Waals surface area contributed by atoms with E-state index in [4.69, 9.17) is 9.47 Å². The Morgan fingerprint density at radius 2 is 2.04 bits per heavy atom. The summed E-state index contributed by atoms with van der Waals surface area (Å²) in [6.45, 7) is 4.47. The molecule has 27 heavy (non-hydrogen) atoms. The minimum atomic E-state index is -0.158. The van der Waals surface area contributed by atoms with Gasteiger partial charge < -0.3 is 14.8 Å². The predicted molar refractivity (Wildman–Crippen MR) is 110 cm³/mol. The van der Waals surface area contributed by atoms with Crippen LogP contribution in [0.1, 0.15) is 23.1 Å². The highest BCUT2D eigenvalue weighted by molar-refractivity contribution is 7.19. The summed E-state index contributed by atoms with van der Waals surface area (Å²) in [4.78, 5) is 16.2. The molecule has 5 nitrogen and oxygen atoms in total. The number of hydrogen-bond donors (Lipinski definition) is 1. The fourth-order valence-electron chi connectivity index (χ4n) is 2.59. The van der Waals surface area contributed by atoms with Crippen LogP contribution in [0.4, 0.5) is 0 Å². The Kier molecular flexibility index (Phi) is 6.08. The molecule has 0 atom stereocenters. The first-order valence-corrected chi connectivity index (χ1v) is 9.53. The highest BCUT2D eigenvalue weighted by Crippen LogP contribution is 2.29. The molecular formula is C21H22N2O3S. The summed E-state index contributed by atoms with van der Waals surface area (Å²) >= 11 is 1.66. The number of carbonyl (C=O) groups is 1. The van der Waals surface area contributed by atoms with Crippen molar-refractivity contribution in [3.8, 4) is 11.5 Å². The zero-order valence-electron chi connectivity index (χ0n) is 15.6.